The second-order valence-corrected chi connectivity index (χ2v) is 5.63. The van der Waals surface area contributed by atoms with Gasteiger partial charge in [0, 0.05) is 32.7 Å². The average Bonchev–Trinajstić information content (AvgIpc) is 2.62. The van der Waals surface area contributed by atoms with E-state index in [4.69, 9.17) is 15.2 Å². The number of hydrogen-bond acceptors (Lipinski definition) is 5. The Morgan fingerprint density at radius 3 is 2.43 bits per heavy atom. The van der Waals surface area contributed by atoms with Crippen molar-refractivity contribution in [1.82, 2.24) is 15.3 Å². The van der Waals surface area contributed by atoms with E-state index in [-0.39, 0.29) is 0 Å². The molecule has 126 valence electrons. The van der Waals surface area contributed by atoms with Crippen molar-refractivity contribution < 1.29 is 9.47 Å². The summed E-state index contributed by atoms with van der Waals surface area (Å²) in [6.07, 6.45) is 0. The largest absolute Gasteiger partial charge is 0.379 e. The summed E-state index contributed by atoms with van der Waals surface area (Å²) in [5, 5.41) is 2.19. The molecule has 1 aromatic rings. The molecule has 0 bridgehead atoms. The lowest BCUT2D eigenvalue weighted by Crippen LogP contribution is -2.45. The molecule has 0 aromatic heterocycles. The van der Waals surface area contributed by atoms with E-state index in [0.29, 0.717) is 19.2 Å². The number of benzene rings is 1. The zero-order valence-corrected chi connectivity index (χ0v) is 13.4. The smallest absolute Gasteiger partial charge is 0.196 e. The Kier molecular flexibility index (Phi) is 5.82. The monoisotopic (exact) mass is 319 g/mol. The maximum absolute atomic E-state index is 6.16. The quantitative estimate of drug-likeness (QED) is 0.614. The Bertz CT molecular complexity index is 525. The fourth-order valence-corrected chi connectivity index (χ4v) is 2.67. The van der Waals surface area contributed by atoms with E-state index in [1.165, 1.54) is 0 Å². The lowest BCUT2D eigenvalue weighted by molar-refractivity contribution is 0.0106. The topological polar surface area (TPSA) is 75.3 Å². The molecule has 0 spiro atoms. The van der Waals surface area contributed by atoms with Crippen LogP contribution in [0.4, 0.5) is 5.69 Å². The van der Waals surface area contributed by atoms with Crippen molar-refractivity contribution in [3.63, 3.8) is 0 Å². The molecule has 23 heavy (non-hydrogen) atoms. The van der Waals surface area contributed by atoms with Crippen LogP contribution < -0.4 is 11.2 Å². The van der Waals surface area contributed by atoms with Crippen molar-refractivity contribution in [3.8, 4) is 0 Å². The van der Waals surface area contributed by atoms with Crippen LogP contribution in [-0.2, 0) is 16.0 Å². The number of para-hydroxylation sites is 1. The standard InChI is InChI=1S/C16H25N5O2/c17-16(20-5-9-22-10-6-20)19-15-4-2-1-3-14(15)13-18-21-7-11-23-12-8-21/h1-4,18H,5-13H2,(H2,17,19). The summed E-state index contributed by atoms with van der Waals surface area (Å²) in [6, 6.07) is 8.10. The van der Waals surface area contributed by atoms with Crippen molar-refractivity contribution in [3.05, 3.63) is 29.8 Å². The van der Waals surface area contributed by atoms with Gasteiger partial charge in [0.05, 0.1) is 32.1 Å². The molecule has 2 aliphatic rings. The summed E-state index contributed by atoms with van der Waals surface area (Å²) >= 11 is 0. The normalized spacial score (nSPS) is 20.7. The minimum absolute atomic E-state index is 0.562. The van der Waals surface area contributed by atoms with Crippen LogP contribution in [0, 0.1) is 0 Å². The van der Waals surface area contributed by atoms with Gasteiger partial charge in [0.25, 0.3) is 0 Å². The van der Waals surface area contributed by atoms with Crippen LogP contribution >= 0.6 is 0 Å². The number of rotatable bonds is 4. The summed E-state index contributed by atoms with van der Waals surface area (Å²) in [7, 11) is 0. The van der Waals surface area contributed by atoms with E-state index >= 15 is 0 Å². The van der Waals surface area contributed by atoms with Gasteiger partial charge in [-0.3, -0.25) is 5.43 Å². The van der Waals surface area contributed by atoms with Gasteiger partial charge in [0.15, 0.2) is 5.96 Å². The van der Waals surface area contributed by atoms with Crippen molar-refractivity contribution >= 4 is 11.6 Å². The molecule has 1 aromatic carbocycles. The summed E-state index contributed by atoms with van der Waals surface area (Å²) in [5.41, 5.74) is 11.7. The lowest BCUT2D eigenvalue weighted by Gasteiger charge is -2.28. The van der Waals surface area contributed by atoms with Crippen LogP contribution in [0.5, 0.6) is 0 Å². The van der Waals surface area contributed by atoms with Crippen LogP contribution in [0.15, 0.2) is 29.3 Å². The van der Waals surface area contributed by atoms with Crippen molar-refractivity contribution in [2.75, 3.05) is 52.6 Å². The van der Waals surface area contributed by atoms with Gasteiger partial charge in [-0.25, -0.2) is 10.0 Å². The van der Waals surface area contributed by atoms with Gasteiger partial charge in [-0.1, -0.05) is 18.2 Å². The van der Waals surface area contributed by atoms with Crippen LogP contribution in [0.1, 0.15) is 5.56 Å². The number of aliphatic imine (C=N–C) groups is 1. The van der Waals surface area contributed by atoms with E-state index in [1.54, 1.807) is 0 Å². The molecular formula is C16H25N5O2. The molecule has 0 saturated carbocycles. The van der Waals surface area contributed by atoms with Crippen molar-refractivity contribution in [2.24, 2.45) is 10.7 Å². The minimum Gasteiger partial charge on any atom is -0.379 e. The molecule has 2 fully saturated rings. The summed E-state index contributed by atoms with van der Waals surface area (Å²) in [6.45, 7) is 7.09. The highest BCUT2D eigenvalue weighted by molar-refractivity contribution is 5.81. The highest BCUT2D eigenvalue weighted by atomic mass is 16.5. The van der Waals surface area contributed by atoms with Crippen LogP contribution in [0.25, 0.3) is 0 Å². The van der Waals surface area contributed by atoms with Gasteiger partial charge < -0.3 is 20.1 Å². The summed E-state index contributed by atoms with van der Waals surface area (Å²) in [4.78, 5) is 6.69. The molecular weight excluding hydrogens is 294 g/mol. The molecule has 7 heteroatoms. The average molecular weight is 319 g/mol. The SMILES string of the molecule is NC(=Nc1ccccc1CNN1CCOCC1)N1CCOCC1. The van der Waals surface area contributed by atoms with E-state index in [1.807, 2.05) is 18.2 Å². The molecule has 0 aliphatic carbocycles. The number of nitrogens with two attached hydrogens (primary N) is 1. The number of morpholine rings is 2. The molecule has 0 amide bonds. The van der Waals surface area contributed by atoms with E-state index in [0.717, 1.165) is 57.2 Å². The van der Waals surface area contributed by atoms with E-state index < -0.39 is 0 Å². The summed E-state index contributed by atoms with van der Waals surface area (Å²) < 4.78 is 10.7. The summed E-state index contributed by atoms with van der Waals surface area (Å²) in [5.74, 6) is 0.562. The predicted molar refractivity (Wildman–Crippen MR) is 89.3 cm³/mol. The van der Waals surface area contributed by atoms with E-state index in [2.05, 4.69) is 26.4 Å². The van der Waals surface area contributed by atoms with Gasteiger partial charge in [-0.2, -0.15) is 0 Å². The third-order valence-corrected chi connectivity index (χ3v) is 4.07. The maximum Gasteiger partial charge on any atom is 0.196 e. The number of guanidine groups is 1. The molecule has 7 nitrogen and oxygen atoms in total. The van der Waals surface area contributed by atoms with Crippen LogP contribution in [0.3, 0.4) is 0 Å². The van der Waals surface area contributed by atoms with Gasteiger partial charge >= 0.3 is 0 Å². The fourth-order valence-electron chi connectivity index (χ4n) is 2.67. The second kappa shape index (κ2) is 8.26. The molecule has 3 rings (SSSR count). The molecule has 0 unspecified atom stereocenters. The first kappa shape index (κ1) is 16.2. The van der Waals surface area contributed by atoms with Gasteiger partial charge in [-0.15, -0.1) is 0 Å². The van der Waals surface area contributed by atoms with Gasteiger partial charge in [0.2, 0.25) is 0 Å². The highest BCUT2D eigenvalue weighted by Gasteiger charge is 2.14. The molecule has 2 saturated heterocycles. The Balaban J connectivity index is 1.64. The van der Waals surface area contributed by atoms with Crippen molar-refractivity contribution in [2.45, 2.75) is 6.54 Å². The highest BCUT2D eigenvalue weighted by Crippen LogP contribution is 2.19. The van der Waals surface area contributed by atoms with Gasteiger partial charge in [0.1, 0.15) is 0 Å². The number of hydrazine groups is 1. The molecule has 2 heterocycles. The number of ether oxygens (including phenoxy) is 2. The Labute approximate surface area is 137 Å². The first-order chi connectivity index (χ1) is 11.3. The van der Waals surface area contributed by atoms with Gasteiger partial charge in [-0.05, 0) is 11.6 Å². The molecule has 3 N–H and O–H groups in total. The Morgan fingerprint density at radius 1 is 1.04 bits per heavy atom. The first-order valence-electron chi connectivity index (χ1n) is 8.14. The molecule has 0 radical (unpaired) electrons. The maximum atomic E-state index is 6.16. The molecule has 0 atom stereocenters. The van der Waals surface area contributed by atoms with Crippen LogP contribution in [-0.4, -0.2) is 68.5 Å². The number of nitrogens with zero attached hydrogens (tertiary/aromatic N) is 3. The second-order valence-electron chi connectivity index (χ2n) is 5.63. The number of nitrogens with one attached hydrogen (secondary N) is 1. The zero-order valence-electron chi connectivity index (χ0n) is 13.4. The first-order valence-corrected chi connectivity index (χ1v) is 8.14. The van der Waals surface area contributed by atoms with E-state index in [9.17, 15) is 0 Å². The van der Waals surface area contributed by atoms with Crippen LogP contribution in [0.2, 0.25) is 0 Å². The third kappa shape index (κ3) is 4.65. The zero-order chi connectivity index (χ0) is 15.9. The fraction of sp³-hybridized carbons (Fsp3) is 0.562. The molecule has 2 aliphatic heterocycles. The lowest BCUT2D eigenvalue weighted by atomic mass is 10.2. The number of hydrogen-bond donors (Lipinski definition) is 2. The Hall–Kier alpha value is -1.67. The predicted octanol–water partition coefficient (Wildman–Crippen LogP) is 0.302. The third-order valence-electron chi connectivity index (χ3n) is 4.07. The Morgan fingerprint density at radius 2 is 1.70 bits per heavy atom. The minimum atomic E-state index is 0.562. The van der Waals surface area contributed by atoms with Crippen molar-refractivity contribution in [1.29, 1.82) is 0 Å².